The normalized spacial score (nSPS) is 11.1. The van der Waals surface area contributed by atoms with E-state index < -0.39 is 0 Å². The van der Waals surface area contributed by atoms with Crippen molar-refractivity contribution < 1.29 is 4.39 Å². The van der Waals surface area contributed by atoms with Crippen molar-refractivity contribution in [3.8, 4) is 22.0 Å². The van der Waals surface area contributed by atoms with Crippen LogP contribution in [-0.4, -0.2) is 24.8 Å². The Hall–Kier alpha value is -2.67. The highest BCUT2D eigenvalue weighted by atomic mass is 32.1. The molecule has 3 heterocycles. The number of pyridine rings is 1. The summed E-state index contributed by atoms with van der Waals surface area (Å²) < 4.78 is 15.0. The van der Waals surface area contributed by atoms with Crippen molar-refractivity contribution in [1.29, 1.82) is 0 Å². The summed E-state index contributed by atoms with van der Waals surface area (Å²) >= 11 is 1.37. The highest BCUT2D eigenvalue weighted by molar-refractivity contribution is 7.19. The molecule has 0 unspecified atom stereocenters. The predicted octanol–water partition coefficient (Wildman–Crippen LogP) is 3.05. The van der Waals surface area contributed by atoms with Crippen molar-refractivity contribution in [2.45, 2.75) is 0 Å². The maximum atomic E-state index is 13.3. The first-order chi connectivity index (χ1) is 10.3. The van der Waals surface area contributed by atoms with Crippen molar-refractivity contribution >= 4 is 16.3 Å². The lowest BCUT2D eigenvalue weighted by Gasteiger charge is -1.96. The van der Waals surface area contributed by atoms with E-state index in [-0.39, 0.29) is 5.82 Å². The summed E-state index contributed by atoms with van der Waals surface area (Å²) in [6.45, 7) is 0. The van der Waals surface area contributed by atoms with E-state index >= 15 is 0 Å². The Morgan fingerprint density at radius 1 is 1.00 bits per heavy atom. The van der Waals surface area contributed by atoms with Gasteiger partial charge in [-0.25, -0.2) is 4.39 Å². The fraction of sp³-hybridized carbons (Fsp3) is 0. The maximum absolute atomic E-state index is 13.3. The van der Waals surface area contributed by atoms with Crippen LogP contribution in [0, 0.1) is 5.82 Å². The third kappa shape index (κ3) is 2.07. The van der Waals surface area contributed by atoms with Crippen LogP contribution in [0.3, 0.4) is 0 Å². The molecule has 1 aromatic carbocycles. The number of nitrogens with zero attached hydrogens (tertiary/aromatic N) is 5. The summed E-state index contributed by atoms with van der Waals surface area (Å²) in [5.41, 5.74) is 1.61. The summed E-state index contributed by atoms with van der Waals surface area (Å²) in [4.78, 5) is 4.65. The van der Waals surface area contributed by atoms with Gasteiger partial charge in [-0.05, 0) is 24.3 Å². The van der Waals surface area contributed by atoms with Crippen molar-refractivity contribution in [1.82, 2.24) is 24.8 Å². The second-order valence-corrected chi connectivity index (χ2v) is 5.33. The predicted molar refractivity (Wildman–Crippen MR) is 77.3 cm³/mol. The highest BCUT2D eigenvalue weighted by Crippen LogP contribution is 2.28. The Kier molecular flexibility index (Phi) is 2.71. The van der Waals surface area contributed by atoms with E-state index in [1.54, 1.807) is 23.0 Å². The zero-order valence-corrected chi connectivity index (χ0v) is 11.5. The van der Waals surface area contributed by atoms with Crippen molar-refractivity contribution in [3.05, 3.63) is 54.6 Å². The Bertz CT molecular complexity index is 915. The maximum Gasteiger partial charge on any atom is 0.235 e. The monoisotopic (exact) mass is 297 g/mol. The molecule has 0 amide bonds. The molecular formula is C14H8FN5S. The quantitative estimate of drug-likeness (QED) is 0.570. The van der Waals surface area contributed by atoms with Gasteiger partial charge in [0, 0.05) is 23.5 Å². The molecule has 0 saturated heterocycles. The van der Waals surface area contributed by atoms with Crippen LogP contribution in [0.15, 0.2) is 48.8 Å². The first-order valence-corrected chi connectivity index (χ1v) is 7.01. The third-order valence-electron chi connectivity index (χ3n) is 3.00. The van der Waals surface area contributed by atoms with E-state index in [2.05, 4.69) is 20.3 Å². The second kappa shape index (κ2) is 4.71. The minimum Gasteiger partial charge on any atom is -0.265 e. The summed E-state index contributed by atoms with van der Waals surface area (Å²) in [5, 5.41) is 13.4. The van der Waals surface area contributed by atoms with Crippen LogP contribution in [0.5, 0.6) is 0 Å². The van der Waals surface area contributed by atoms with Crippen LogP contribution >= 0.6 is 11.3 Å². The Balaban J connectivity index is 1.87. The van der Waals surface area contributed by atoms with Gasteiger partial charge < -0.3 is 0 Å². The zero-order chi connectivity index (χ0) is 14.2. The van der Waals surface area contributed by atoms with Gasteiger partial charge in [0.25, 0.3) is 0 Å². The standard InChI is InChI=1S/C14H8FN5S/c15-11-3-1-2-10(8-11)13-19-20-12(17-18-14(20)21-13)9-4-6-16-7-5-9/h1-8H. The summed E-state index contributed by atoms with van der Waals surface area (Å²) in [7, 11) is 0. The molecule has 5 nitrogen and oxygen atoms in total. The molecule has 0 aliphatic carbocycles. The molecule has 0 spiro atoms. The summed E-state index contributed by atoms with van der Waals surface area (Å²) in [5.74, 6) is 0.360. The van der Waals surface area contributed by atoms with E-state index in [9.17, 15) is 4.39 Å². The Labute approximate surface area is 122 Å². The van der Waals surface area contributed by atoms with Crippen LogP contribution in [0.25, 0.3) is 26.9 Å². The van der Waals surface area contributed by atoms with Crippen molar-refractivity contribution in [2.24, 2.45) is 0 Å². The summed E-state index contributed by atoms with van der Waals surface area (Å²) in [6, 6.07) is 10.0. The number of hydrogen-bond donors (Lipinski definition) is 0. The third-order valence-corrected chi connectivity index (χ3v) is 3.95. The van der Waals surface area contributed by atoms with Gasteiger partial charge in [0.15, 0.2) is 5.82 Å². The van der Waals surface area contributed by atoms with Crippen LogP contribution < -0.4 is 0 Å². The molecule has 4 aromatic rings. The van der Waals surface area contributed by atoms with E-state index in [1.807, 2.05) is 18.2 Å². The van der Waals surface area contributed by atoms with Crippen LogP contribution in [0.1, 0.15) is 0 Å². The van der Waals surface area contributed by atoms with Gasteiger partial charge >= 0.3 is 0 Å². The molecule has 3 aromatic heterocycles. The van der Waals surface area contributed by atoms with Gasteiger partial charge in [-0.1, -0.05) is 23.5 Å². The smallest absolute Gasteiger partial charge is 0.235 e. The molecule has 0 bridgehead atoms. The SMILES string of the molecule is Fc1cccc(-c2nn3c(-c4ccncc4)nnc3s2)c1. The van der Waals surface area contributed by atoms with E-state index in [1.165, 1.54) is 23.5 Å². The van der Waals surface area contributed by atoms with Crippen LogP contribution in [0.4, 0.5) is 4.39 Å². The van der Waals surface area contributed by atoms with Crippen LogP contribution in [0.2, 0.25) is 0 Å². The molecule has 0 fully saturated rings. The van der Waals surface area contributed by atoms with Gasteiger partial charge in [0.1, 0.15) is 10.8 Å². The molecule has 0 N–H and O–H groups in total. The molecule has 7 heteroatoms. The lowest BCUT2D eigenvalue weighted by Crippen LogP contribution is -1.91. The van der Waals surface area contributed by atoms with E-state index in [4.69, 9.17) is 0 Å². The van der Waals surface area contributed by atoms with Crippen molar-refractivity contribution in [3.63, 3.8) is 0 Å². The average Bonchev–Trinajstić information content (AvgIpc) is 3.08. The number of rotatable bonds is 2. The molecule has 102 valence electrons. The van der Waals surface area contributed by atoms with E-state index in [0.717, 1.165) is 11.1 Å². The molecule has 0 radical (unpaired) electrons. The largest absolute Gasteiger partial charge is 0.265 e. The lowest BCUT2D eigenvalue weighted by molar-refractivity contribution is 0.628. The lowest BCUT2D eigenvalue weighted by atomic mass is 10.2. The minimum absolute atomic E-state index is 0.284. The number of aromatic nitrogens is 5. The average molecular weight is 297 g/mol. The molecule has 4 rings (SSSR count). The number of benzene rings is 1. The number of fused-ring (bicyclic) bond motifs is 1. The molecule has 0 saturated carbocycles. The Morgan fingerprint density at radius 2 is 1.86 bits per heavy atom. The molecule has 0 atom stereocenters. The molecule has 0 aliphatic heterocycles. The zero-order valence-electron chi connectivity index (χ0n) is 10.6. The number of halogens is 1. The van der Waals surface area contributed by atoms with Gasteiger partial charge in [-0.2, -0.15) is 9.61 Å². The first-order valence-electron chi connectivity index (χ1n) is 6.20. The van der Waals surface area contributed by atoms with E-state index in [0.29, 0.717) is 15.8 Å². The van der Waals surface area contributed by atoms with Gasteiger partial charge in [-0.3, -0.25) is 4.98 Å². The van der Waals surface area contributed by atoms with Gasteiger partial charge in [-0.15, -0.1) is 10.2 Å². The first kappa shape index (κ1) is 12.1. The fourth-order valence-corrected chi connectivity index (χ4v) is 2.87. The molecule has 0 aliphatic rings. The van der Waals surface area contributed by atoms with Gasteiger partial charge in [0.2, 0.25) is 4.96 Å². The Morgan fingerprint density at radius 3 is 2.67 bits per heavy atom. The highest BCUT2D eigenvalue weighted by Gasteiger charge is 2.14. The van der Waals surface area contributed by atoms with Crippen LogP contribution in [-0.2, 0) is 0 Å². The van der Waals surface area contributed by atoms with Gasteiger partial charge in [0.05, 0.1) is 0 Å². The topological polar surface area (TPSA) is 56.0 Å². The number of hydrogen-bond acceptors (Lipinski definition) is 5. The molecular weight excluding hydrogens is 289 g/mol. The summed E-state index contributed by atoms with van der Waals surface area (Å²) in [6.07, 6.45) is 3.38. The van der Waals surface area contributed by atoms with Crippen molar-refractivity contribution in [2.75, 3.05) is 0 Å². The second-order valence-electron chi connectivity index (χ2n) is 4.37. The minimum atomic E-state index is -0.284. The fourth-order valence-electron chi connectivity index (χ4n) is 2.04. The molecule has 21 heavy (non-hydrogen) atoms.